The third-order valence-electron chi connectivity index (χ3n) is 4.42. The molecule has 0 amide bonds. The van der Waals surface area contributed by atoms with Crippen LogP contribution >= 0.6 is 12.4 Å². The van der Waals surface area contributed by atoms with Gasteiger partial charge in [0.2, 0.25) is 5.95 Å². The molecular weight excluding hydrogens is 385 g/mol. The number of anilines is 1. The lowest BCUT2D eigenvalue weighted by molar-refractivity contribution is -0.137. The van der Waals surface area contributed by atoms with Gasteiger partial charge in [-0.3, -0.25) is 0 Å². The molecule has 0 radical (unpaired) electrons. The summed E-state index contributed by atoms with van der Waals surface area (Å²) in [4.78, 5) is 4.28. The Hall–Kier alpha value is -2.13. The molecule has 0 aliphatic heterocycles. The van der Waals surface area contributed by atoms with E-state index in [0.717, 1.165) is 31.4 Å². The van der Waals surface area contributed by atoms with E-state index in [2.05, 4.69) is 20.5 Å². The van der Waals surface area contributed by atoms with Crippen LogP contribution in [0.1, 0.15) is 36.9 Å². The average Bonchev–Trinajstić information content (AvgIpc) is 2.55. The minimum absolute atomic E-state index is 0. The molecule has 0 saturated heterocycles. The van der Waals surface area contributed by atoms with Crippen LogP contribution in [0.4, 0.5) is 19.1 Å². The zero-order valence-corrected chi connectivity index (χ0v) is 15.3. The fraction of sp³-hybridized carbons (Fsp3) is 0.471. The van der Waals surface area contributed by atoms with Crippen LogP contribution < -0.4 is 5.32 Å². The maximum atomic E-state index is 12.7. The molecule has 1 saturated carbocycles. The molecule has 1 aliphatic rings. The number of benzene rings is 1. The molecule has 1 aromatic carbocycles. The van der Waals surface area contributed by atoms with Crippen molar-refractivity contribution in [1.82, 2.24) is 15.2 Å². The van der Waals surface area contributed by atoms with E-state index in [4.69, 9.17) is 0 Å². The van der Waals surface area contributed by atoms with Crippen LogP contribution in [0.2, 0.25) is 0 Å². The lowest BCUT2D eigenvalue weighted by atomic mass is 9.93. The first-order valence-corrected chi connectivity index (χ1v) is 8.30. The fourth-order valence-electron chi connectivity index (χ4n) is 3.10. The molecule has 27 heavy (non-hydrogen) atoms. The smallest absolute Gasteiger partial charge is 0.416 e. The van der Waals surface area contributed by atoms with Gasteiger partial charge < -0.3 is 15.5 Å². The van der Waals surface area contributed by atoms with E-state index in [9.17, 15) is 23.4 Å². The first-order chi connectivity index (χ1) is 12.2. The van der Waals surface area contributed by atoms with E-state index in [1.54, 1.807) is 6.92 Å². The second-order valence-electron chi connectivity index (χ2n) is 6.46. The number of alkyl halides is 3. The van der Waals surface area contributed by atoms with E-state index < -0.39 is 17.5 Å². The largest absolute Gasteiger partial charge is 0.507 e. The number of aliphatic hydroxyl groups excluding tert-OH is 1. The summed E-state index contributed by atoms with van der Waals surface area (Å²) in [5.41, 5.74) is -0.166. The number of phenols is 1. The molecule has 1 fully saturated rings. The van der Waals surface area contributed by atoms with Gasteiger partial charge >= 0.3 is 6.18 Å². The van der Waals surface area contributed by atoms with Crippen molar-refractivity contribution in [3.63, 3.8) is 0 Å². The van der Waals surface area contributed by atoms with Crippen molar-refractivity contribution < 1.29 is 23.4 Å². The van der Waals surface area contributed by atoms with Crippen molar-refractivity contribution in [2.75, 3.05) is 5.32 Å². The number of rotatable bonds is 3. The topological polar surface area (TPSA) is 91.2 Å². The highest BCUT2D eigenvalue weighted by Crippen LogP contribution is 2.36. The summed E-state index contributed by atoms with van der Waals surface area (Å²) in [6, 6.07) is 2.74. The summed E-state index contributed by atoms with van der Waals surface area (Å²) >= 11 is 0. The van der Waals surface area contributed by atoms with Crippen LogP contribution in [0.3, 0.4) is 0 Å². The molecule has 1 heterocycles. The van der Waals surface area contributed by atoms with E-state index >= 15 is 0 Å². The minimum Gasteiger partial charge on any atom is -0.507 e. The second-order valence-corrected chi connectivity index (χ2v) is 6.46. The Bertz CT molecular complexity index is 804. The minimum atomic E-state index is -4.53. The molecular formula is C17H20ClF3N4O2. The highest BCUT2D eigenvalue weighted by atomic mass is 35.5. The van der Waals surface area contributed by atoms with Gasteiger partial charge in [0, 0.05) is 11.6 Å². The summed E-state index contributed by atoms with van der Waals surface area (Å²) in [5.74, 6) is -0.244. The molecule has 2 atom stereocenters. The Kier molecular flexibility index (Phi) is 6.48. The molecule has 1 aliphatic carbocycles. The summed E-state index contributed by atoms with van der Waals surface area (Å²) in [6.45, 7) is 1.64. The van der Waals surface area contributed by atoms with E-state index in [0.29, 0.717) is 18.2 Å². The first kappa shape index (κ1) is 21.2. The quantitative estimate of drug-likeness (QED) is 0.722. The maximum Gasteiger partial charge on any atom is 0.416 e. The summed E-state index contributed by atoms with van der Waals surface area (Å²) < 4.78 is 38.1. The SMILES string of the molecule is Cc1nc(N[C@@H]2CCC[C@H](O)C2)nnc1-c1ccc(C(F)(F)F)cc1O.Cl. The number of nitrogens with one attached hydrogen (secondary N) is 1. The standard InChI is InChI=1S/C17H19F3N4O2.ClH/c1-9-15(13-6-5-10(7-14(13)26)17(18,19)20)23-24-16(21-9)22-11-3-2-4-12(25)8-11;/h5-7,11-12,25-26H,2-4,8H2,1H3,(H,21,22,24);1H/t11-,12+;/m1./s1. The molecule has 0 spiro atoms. The van der Waals surface area contributed by atoms with E-state index in [1.165, 1.54) is 0 Å². The first-order valence-electron chi connectivity index (χ1n) is 8.30. The van der Waals surface area contributed by atoms with Crippen molar-refractivity contribution in [3.8, 4) is 17.0 Å². The highest BCUT2D eigenvalue weighted by molar-refractivity contribution is 5.85. The van der Waals surface area contributed by atoms with Gasteiger partial charge in [-0.2, -0.15) is 13.2 Å². The molecule has 6 nitrogen and oxygen atoms in total. The molecule has 2 aromatic rings. The molecule has 3 rings (SSSR count). The highest BCUT2D eigenvalue weighted by Gasteiger charge is 2.31. The van der Waals surface area contributed by atoms with E-state index in [1.807, 2.05) is 0 Å². The Morgan fingerprint density at radius 2 is 1.93 bits per heavy atom. The monoisotopic (exact) mass is 404 g/mol. The summed E-state index contributed by atoms with van der Waals surface area (Å²) in [7, 11) is 0. The number of hydrogen-bond acceptors (Lipinski definition) is 6. The lowest BCUT2D eigenvalue weighted by Gasteiger charge is -2.26. The molecule has 148 valence electrons. The number of hydrogen-bond donors (Lipinski definition) is 3. The lowest BCUT2D eigenvalue weighted by Crippen LogP contribution is -2.30. The Balaban J connectivity index is 0.00000261. The predicted octanol–water partition coefficient (Wildman–Crippen LogP) is 3.71. The van der Waals surface area contributed by atoms with Crippen LogP contribution in [0.5, 0.6) is 5.75 Å². The molecule has 10 heteroatoms. The van der Waals surface area contributed by atoms with Gasteiger partial charge in [-0.25, -0.2) is 4.98 Å². The second kappa shape index (κ2) is 8.26. The van der Waals surface area contributed by atoms with Gasteiger partial charge in [-0.05, 0) is 50.8 Å². The number of aromatic nitrogens is 3. The number of aromatic hydroxyl groups is 1. The number of aryl methyl sites for hydroxylation is 1. The van der Waals surface area contributed by atoms with Crippen molar-refractivity contribution >= 4 is 18.4 Å². The predicted molar refractivity (Wildman–Crippen MR) is 95.8 cm³/mol. The van der Waals surface area contributed by atoms with Crippen LogP contribution in [0.15, 0.2) is 18.2 Å². The Morgan fingerprint density at radius 1 is 1.19 bits per heavy atom. The van der Waals surface area contributed by atoms with Crippen molar-refractivity contribution in [2.45, 2.75) is 50.9 Å². The number of phenolic OH excluding ortho intramolecular Hbond substituents is 1. The molecule has 0 unspecified atom stereocenters. The zero-order valence-electron chi connectivity index (χ0n) is 14.5. The summed E-state index contributed by atoms with van der Waals surface area (Å²) in [6.07, 6.45) is -1.71. The normalized spacial score (nSPS) is 20.0. The number of aliphatic hydroxyl groups is 1. The molecule has 3 N–H and O–H groups in total. The van der Waals surface area contributed by atoms with Crippen molar-refractivity contribution in [3.05, 3.63) is 29.5 Å². The average molecular weight is 405 g/mol. The third kappa shape index (κ3) is 4.98. The third-order valence-corrected chi connectivity index (χ3v) is 4.42. The number of nitrogens with zero attached hydrogens (tertiary/aromatic N) is 3. The van der Waals surface area contributed by atoms with Crippen molar-refractivity contribution in [1.29, 1.82) is 0 Å². The van der Waals surface area contributed by atoms with Gasteiger partial charge in [-0.1, -0.05) is 0 Å². The van der Waals surface area contributed by atoms with Crippen LogP contribution in [0, 0.1) is 6.92 Å². The molecule has 0 bridgehead atoms. The fourth-order valence-corrected chi connectivity index (χ4v) is 3.10. The Morgan fingerprint density at radius 3 is 2.52 bits per heavy atom. The van der Waals surface area contributed by atoms with Gasteiger partial charge in [-0.15, -0.1) is 22.6 Å². The number of halogens is 4. The maximum absolute atomic E-state index is 12.7. The van der Waals surface area contributed by atoms with Crippen molar-refractivity contribution in [2.24, 2.45) is 0 Å². The van der Waals surface area contributed by atoms with Gasteiger partial charge in [0.25, 0.3) is 0 Å². The van der Waals surface area contributed by atoms with Gasteiger partial charge in [0.15, 0.2) is 0 Å². The van der Waals surface area contributed by atoms with E-state index in [-0.39, 0.29) is 41.8 Å². The molecule has 1 aromatic heterocycles. The van der Waals surface area contributed by atoms with Gasteiger partial charge in [0.05, 0.1) is 17.4 Å². The summed E-state index contributed by atoms with van der Waals surface area (Å²) in [5, 5.41) is 30.7. The van der Waals surface area contributed by atoms with Crippen LogP contribution in [-0.4, -0.2) is 37.5 Å². The zero-order chi connectivity index (χ0) is 18.9. The van der Waals surface area contributed by atoms with Crippen LogP contribution in [-0.2, 0) is 6.18 Å². The van der Waals surface area contributed by atoms with Crippen LogP contribution in [0.25, 0.3) is 11.3 Å². The van der Waals surface area contributed by atoms with Gasteiger partial charge in [0.1, 0.15) is 11.4 Å². The Labute approximate surface area is 160 Å².